The van der Waals surface area contributed by atoms with Crippen molar-refractivity contribution in [3.8, 4) is 6.07 Å². The summed E-state index contributed by atoms with van der Waals surface area (Å²) in [6, 6.07) is 5.17. The zero-order chi connectivity index (χ0) is 22.7. The number of hydrogen-bond acceptors (Lipinski definition) is 5. The summed E-state index contributed by atoms with van der Waals surface area (Å²) >= 11 is 0. The number of carbonyl (C=O) groups excluding carboxylic acids is 1. The Morgan fingerprint density at radius 2 is 2.03 bits per heavy atom. The largest absolute Gasteiger partial charge is 0.465 e. The highest BCUT2D eigenvalue weighted by Crippen LogP contribution is 2.36. The zero-order valence-electron chi connectivity index (χ0n) is 16.1. The first-order valence-electron chi connectivity index (χ1n) is 9.30. The Morgan fingerprint density at radius 1 is 1.35 bits per heavy atom. The van der Waals surface area contributed by atoms with E-state index < -0.39 is 48.7 Å². The number of nitrogens with two attached hydrogens (primary N) is 1. The van der Waals surface area contributed by atoms with Crippen LogP contribution in [0.15, 0.2) is 30.5 Å². The maximum absolute atomic E-state index is 13.1. The predicted octanol–water partition coefficient (Wildman–Crippen LogP) is 2.95. The molecule has 12 heteroatoms. The lowest BCUT2D eigenvalue weighted by atomic mass is 9.84. The zero-order valence-corrected chi connectivity index (χ0v) is 16.1. The van der Waals surface area contributed by atoms with Crippen LogP contribution < -0.4 is 11.1 Å². The molecule has 1 aromatic heterocycles. The summed E-state index contributed by atoms with van der Waals surface area (Å²) in [6.07, 6.45) is -3.58. The average molecular weight is 436 g/mol. The van der Waals surface area contributed by atoms with Gasteiger partial charge in [-0.05, 0) is 30.7 Å². The molecule has 2 heterocycles. The molecule has 0 saturated carbocycles. The number of nitrogens with one attached hydrogen (secondary N) is 1. The van der Waals surface area contributed by atoms with E-state index in [2.05, 4.69) is 10.4 Å². The van der Waals surface area contributed by atoms with Gasteiger partial charge in [0.15, 0.2) is 5.82 Å². The normalized spacial score (nSPS) is 21.0. The number of carboxylic acid groups (broad SMARTS) is 1. The SMILES string of the molecule is N#C[C@@H]1C(CC(F)F)N(C(=O)O)CC[C@@H]1n1cc(C(N)=O)c(Nc2ccc(F)cc2)n1. The Labute approximate surface area is 174 Å². The first-order chi connectivity index (χ1) is 14.7. The van der Waals surface area contributed by atoms with Crippen LogP contribution in [0.2, 0.25) is 0 Å². The van der Waals surface area contributed by atoms with Crippen LogP contribution in [0.5, 0.6) is 0 Å². The van der Waals surface area contributed by atoms with Gasteiger partial charge in [0.05, 0.1) is 24.1 Å². The lowest BCUT2D eigenvalue weighted by Crippen LogP contribution is -2.52. The van der Waals surface area contributed by atoms with E-state index in [-0.39, 0.29) is 24.3 Å². The molecule has 2 aromatic rings. The lowest BCUT2D eigenvalue weighted by molar-refractivity contribution is 0.0271. The van der Waals surface area contributed by atoms with Crippen molar-refractivity contribution in [1.82, 2.24) is 14.7 Å². The van der Waals surface area contributed by atoms with Crippen molar-refractivity contribution in [1.29, 1.82) is 5.26 Å². The Kier molecular flexibility index (Phi) is 6.33. The molecule has 1 aliphatic heterocycles. The number of benzene rings is 1. The van der Waals surface area contributed by atoms with Crippen LogP contribution in [-0.4, -0.2) is 50.8 Å². The van der Waals surface area contributed by atoms with Crippen LogP contribution in [0.25, 0.3) is 0 Å². The quantitative estimate of drug-likeness (QED) is 0.637. The summed E-state index contributed by atoms with van der Waals surface area (Å²) < 4.78 is 40.6. The van der Waals surface area contributed by atoms with Crippen molar-refractivity contribution in [2.45, 2.75) is 31.4 Å². The van der Waals surface area contributed by atoms with E-state index in [1.54, 1.807) is 0 Å². The lowest BCUT2D eigenvalue weighted by Gasteiger charge is -2.41. The Morgan fingerprint density at radius 3 is 2.58 bits per heavy atom. The second kappa shape index (κ2) is 8.95. The maximum Gasteiger partial charge on any atom is 0.407 e. The second-order valence-corrected chi connectivity index (χ2v) is 7.05. The maximum atomic E-state index is 13.1. The van der Waals surface area contributed by atoms with Crippen molar-refractivity contribution in [2.24, 2.45) is 11.7 Å². The highest BCUT2D eigenvalue weighted by molar-refractivity contribution is 5.98. The molecule has 164 valence electrons. The van der Waals surface area contributed by atoms with Gasteiger partial charge in [0.25, 0.3) is 5.91 Å². The molecule has 4 N–H and O–H groups in total. The van der Waals surface area contributed by atoms with Crippen LogP contribution in [0, 0.1) is 23.1 Å². The molecule has 1 saturated heterocycles. The summed E-state index contributed by atoms with van der Waals surface area (Å²) in [5.74, 6) is -2.37. The number of nitrogens with zero attached hydrogens (tertiary/aromatic N) is 4. The number of aromatic nitrogens is 2. The molecule has 0 radical (unpaired) electrons. The van der Waals surface area contributed by atoms with Crippen molar-refractivity contribution in [2.75, 3.05) is 11.9 Å². The molecule has 0 aliphatic carbocycles. The number of likely N-dealkylation sites (tertiary alicyclic amines) is 1. The van der Waals surface area contributed by atoms with Gasteiger partial charge in [-0.1, -0.05) is 0 Å². The van der Waals surface area contributed by atoms with Gasteiger partial charge in [0, 0.05) is 24.8 Å². The number of rotatable bonds is 6. The summed E-state index contributed by atoms with van der Waals surface area (Å²) in [6.45, 7) is -0.0813. The fourth-order valence-electron chi connectivity index (χ4n) is 3.73. The van der Waals surface area contributed by atoms with Crippen LogP contribution in [-0.2, 0) is 0 Å². The average Bonchev–Trinajstić information content (AvgIpc) is 3.12. The molecule has 0 bridgehead atoms. The van der Waals surface area contributed by atoms with Crippen molar-refractivity contribution in [3.05, 3.63) is 41.8 Å². The first-order valence-corrected chi connectivity index (χ1v) is 9.30. The second-order valence-electron chi connectivity index (χ2n) is 7.05. The molecule has 1 aliphatic rings. The fourth-order valence-corrected chi connectivity index (χ4v) is 3.73. The number of primary amides is 1. The molecule has 1 unspecified atom stereocenters. The predicted molar refractivity (Wildman–Crippen MR) is 102 cm³/mol. The van der Waals surface area contributed by atoms with Crippen LogP contribution >= 0.6 is 0 Å². The molecule has 3 rings (SSSR count). The van der Waals surface area contributed by atoms with Gasteiger partial charge in [0.2, 0.25) is 6.43 Å². The van der Waals surface area contributed by atoms with Crippen LogP contribution in [0.3, 0.4) is 0 Å². The van der Waals surface area contributed by atoms with E-state index in [0.717, 1.165) is 4.90 Å². The molecular formula is C19H19F3N6O3. The third-order valence-electron chi connectivity index (χ3n) is 5.15. The number of alkyl halides is 2. The topological polar surface area (TPSA) is 137 Å². The monoisotopic (exact) mass is 436 g/mol. The number of nitriles is 1. The number of amides is 2. The fraction of sp³-hybridized carbons (Fsp3) is 0.368. The van der Waals surface area contributed by atoms with Crippen molar-refractivity contribution in [3.63, 3.8) is 0 Å². The van der Waals surface area contributed by atoms with Gasteiger partial charge in [0.1, 0.15) is 11.4 Å². The van der Waals surface area contributed by atoms with Gasteiger partial charge in [-0.25, -0.2) is 18.0 Å². The third kappa shape index (κ3) is 4.71. The van der Waals surface area contributed by atoms with Gasteiger partial charge < -0.3 is 21.1 Å². The van der Waals surface area contributed by atoms with Crippen LogP contribution in [0.1, 0.15) is 29.2 Å². The van der Waals surface area contributed by atoms with Gasteiger partial charge in [-0.15, -0.1) is 0 Å². The summed E-state index contributed by atoms with van der Waals surface area (Å²) in [7, 11) is 0. The van der Waals surface area contributed by atoms with Crippen molar-refractivity contribution < 1.29 is 27.9 Å². The Hall–Kier alpha value is -3.75. The van der Waals surface area contributed by atoms with E-state index in [9.17, 15) is 33.1 Å². The minimum absolute atomic E-state index is 0.0212. The standard InChI is InChI=1S/C19H19F3N6O3/c20-10-1-3-11(4-2-10)25-18-13(17(24)29)9-28(26-18)14-5-6-27(19(30)31)15(7-16(21)22)12(14)8-23/h1-4,9,12,14-16H,5-7H2,(H2,24,29)(H,25,26)(H,30,31)/t12-,14-,15?/m0/s1. The number of carbonyl (C=O) groups is 2. The van der Waals surface area contributed by atoms with E-state index in [1.807, 2.05) is 6.07 Å². The van der Waals surface area contributed by atoms with E-state index >= 15 is 0 Å². The number of hydrogen-bond donors (Lipinski definition) is 3. The Bertz CT molecular complexity index is 1000. The van der Waals surface area contributed by atoms with Gasteiger partial charge >= 0.3 is 6.09 Å². The van der Waals surface area contributed by atoms with E-state index in [4.69, 9.17) is 5.73 Å². The van der Waals surface area contributed by atoms with E-state index in [0.29, 0.717) is 5.69 Å². The highest BCUT2D eigenvalue weighted by Gasteiger charge is 2.43. The molecule has 3 atom stereocenters. The number of piperidine rings is 1. The number of halogens is 3. The minimum Gasteiger partial charge on any atom is -0.465 e. The molecule has 0 spiro atoms. The summed E-state index contributed by atoms with van der Waals surface area (Å²) in [5, 5.41) is 26.1. The van der Waals surface area contributed by atoms with Crippen LogP contribution in [0.4, 0.5) is 29.5 Å². The molecule has 2 amide bonds. The molecule has 9 nitrogen and oxygen atoms in total. The Balaban J connectivity index is 1.95. The summed E-state index contributed by atoms with van der Waals surface area (Å²) in [5.41, 5.74) is 5.81. The smallest absolute Gasteiger partial charge is 0.407 e. The highest BCUT2D eigenvalue weighted by atomic mass is 19.3. The molecular weight excluding hydrogens is 417 g/mol. The molecule has 1 aromatic carbocycles. The van der Waals surface area contributed by atoms with Gasteiger partial charge in [-0.3, -0.25) is 9.48 Å². The van der Waals surface area contributed by atoms with Crippen molar-refractivity contribution >= 4 is 23.5 Å². The molecule has 1 fully saturated rings. The third-order valence-corrected chi connectivity index (χ3v) is 5.15. The summed E-state index contributed by atoms with van der Waals surface area (Å²) in [4.78, 5) is 24.2. The minimum atomic E-state index is -2.81. The molecule has 31 heavy (non-hydrogen) atoms. The van der Waals surface area contributed by atoms with E-state index in [1.165, 1.54) is 35.1 Å². The number of anilines is 2. The van der Waals surface area contributed by atoms with Gasteiger partial charge in [-0.2, -0.15) is 10.4 Å². The first kappa shape index (κ1) is 21.9.